The highest BCUT2D eigenvalue weighted by Gasteiger charge is 2.19. The smallest absolute Gasteiger partial charge is 0.320 e. The van der Waals surface area contributed by atoms with Gasteiger partial charge in [0.2, 0.25) is 0 Å². The summed E-state index contributed by atoms with van der Waals surface area (Å²) in [6.07, 6.45) is 3.13. The van der Waals surface area contributed by atoms with E-state index in [2.05, 4.69) is 11.6 Å². The van der Waals surface area contributed by atoms with Crippen LogP contribution < -0.4 is 11.2 Å². The van der Waals surface area contributed by atoms with Gasteiger partial charge in [0.25, 0.3) is 5.56 Å². The second-order valence-corrected chi connectivity index (χ2v) is 7.21. The largest absolute Gasteiger partial charge is 0.337 e. The summed E-state index contributed by atoms with van der Waals surface area (Å²) in [5.74, 6) is 0. The summed E-state index contributed by atoms with van der Waals surface area (Å²) in [4.78, 5) is 30.7. The lowest BCUT2D eigenvalue weighted by Gasteiger charge is -2.12. The van der Waals surface area contributed by atoms with Crippen molar-refractivity contribution in [3.63, 3.8) is 0 Å². The summed E-state index contributed by atoms with van der Waals surface area (Å²) in [6.45, 7) is 6.28. The normalized spacial score (nSPS) is 11.1. The van der Waals surface area contributed by atoms with Gasteiger partial charge in [0.1, 0.15) is 0 Å². The predicted octanol–water partition coefficient (Wildman–Crippen LogP) is 3.55. The number of hydrogen-bond acceptors (Lipinski definition) is 3. The highest BCUT2D eigenvalue weighted by molar-refractivity contribution is 6.30. The number of fused-ring (bicyclic) bond motifs is 1. The summed E-state index contributed by atoms with van der Waals surface area (Å²) in [5.41, 5.74) is 2.61. The summed E-state index contributed by atoms with van der Waals surface area (Å²) in [6, 6.07) is 14.8. The van der Waals surface area contributed by atoms with Crippen LogP contribution in [0.25, 0.3) is 16.9 Å². The van der Waals surface area contributed by atoms with Crippen LogP contribution in [-0.2, 0) is 13.1 Å². The van der Waals surface area contributed by atoms with Gasteiger partial charge in [0, 0.05) is 18.1 Å². The number of nitrogens with zero attached hydrogens (tertiary/aromatic N) is 4. The van der Waals surface area contributed by atoms with E-state index in [1.54, 1.807) is 35.2 Å². The van der Waals surface area contributed by atoms with Crippen LogP contribution in [0.15, 0.2) is 77.1 Å². The Bertz CT molecular complexity index is 1330. The molecule has 2 aromatic carbocycles. The monoisotopic (exact) mass is 406 g/mol. The molecule has 0 aliphatic carbocycles. The molecule has 7 heteroatoms. The summed E-state index contributed by atoms with van der Waals surface area (Å²) >= 11 is 6.00. The molecule has 4 rings (SSSR count). The fraction of sp³-hybridized carbons (Fsp3) is 0.136. The maximum absolute atomic E-state index is 13.2. The van der Waals surface area contributed by atoms with Crippen LogP contribution >= 0.6 is 11.6 Å². The van der Waals surface area contributed by atoms with Crippen LogP contribution in [0.1, 0.15) is 11.1 Å². The van der Waals surface area contributed by atoms with Gasteiger partial charge in [0.05, 0.1) is 12.0 Å². The van der Waals surface area contributed by atoms with Crippen LogP contribution in [0.3, 0.4) is 0 Å². The average molecular weight is 407 g/mol. The van der Waals surface area contributed by atoms with Crippen LogP contribution in [0.2, 0.25) is 5.02 Å². The zero-order chi connectivity index (χ0) is 20.5. The predicted molar refractivity (Wildman–Crippen MR) is 115 cm³/mol. The van der Waals surface area contributed by atoms with E-state index in [0.29, 0.717) is 28.4 Å². The first kappa shape index (κ1) is 19.0. The Balaban J connectivity index is 2.01. The third-order valence-electron chi connectivity index (χ3n) is 4.90. The zero-order valence-corrected chi connectivity index (χ0v) is 16.6. The topological polar surface area (TPSA) is 61.8 Å². The van der Waals surface area contributed by atoms with Gasteiger partial charge in [-0.05, 0) is 42.3 Å². The highest BCUT2D eigenvalue weighted by Crippen LogP contribution is 2.17. The minimum absolute atomic E-state index is 0.108. The van der Waals surface area contributed by atoms with Crippen LogP contribution in [0.5, 0.6) is 0 Å². The van der Waals surface area contributed by atoms with Gasteiger partial charge in [-0.25, -0.2) is 14.3 Å². The number of hydrogen-bond donors (Lipinski definition) is 0. The van der Waals surface area contributed by atoms with Gasteiger partial charge in [-0.1, -0.05) is 41.9 Å². The Morgan fingerprint density at radius 1 is 1.10 bits per heavy atom. The first-order valence-corrected chi connectivity index (χ1v) is 9.51. The third kappa shape index (κ3) is 3.32. The lowest BCUT2D eigenvalue weighted by molar-refractivity contribution is 0.690. The van der Waals surface area contributed by atoms with E-state index in [0.717, 1.165) is 11.1 Å². The Hall–Kier alpha value is -3.38. The van der Waals surface area contributed by atoms with E-state index >= 15 is 0 Å². The van der Waals surface area contributed by atoms with E-state index in [-0.39, 0.29) is 12.1 Å². The molecule has 0 atom stereocenters. The van der Waals surface area contributed by atoms with E-state index in [4.69, 9.17) is 11.6 Å². The zero-order valence-electron chi connectivity index (χ0n) is 15.9. The van der Waals surface area contributed by atoms with Crippen molar-refractivity contribution in [3.8, 4) is 5.69 Å². The Morgan fingerprint density at radius 2 is 1.83 bits per heavy atom. The molecule has 0 saturated heterocycles. The van der Waals surface area contributed by atoms with E-state index < -0.39 is 5.69 Å². The molecule has 0 aliphatic heterocycles. The molecular formula is C22H19ClN4O2. The van der Waals surface area contributed by atoms with Crippen molar-refractivity contribution < 1.29 is 0 Å². The molecule has 2 heterocycles. The van der Waals surface area contributed by atoms with E-state index in [1.807, 2.05) is 31.2 Å². The quantitative estimate of drug-likeness (QED) is 0.476. The molecule has 0 N–H and O–H groups in total. The van der Waals surface area contributed by atoms with Crippen LogP contribution in [0, 0.1) is 6.92 Å². The van der Waals surface area contributed by atoms with E-state index in [9.17, 15) is 9.59 Å². The Kier molecular flexibility index (Phi) is 4.94. The van der Waals surface area contributed by atoms with Gasteiger partial charge < -0.3 is 4.57 Å². The molecule has 2 aromatic heterocycles. The van der Waals surface area contributed by atoms with Gasteiger partial charge in [0.15, 0.2) is 11.2 Å². The van der Waals surface area contributed by atoms with Crippen molar-refractivity contribution in [2.75, 3.05) is 0 Å². The molecule has 0 bridgehead atoms. The van der Waals surface area contributed by atoms with Gasteiger partial charge in [-0.15, -0.1) is 6.58 Å². The molecule has 4 aromatic rings. The summed E-state index contributed by atoms with van der Waals surface area (Å²) < 4.78 is 4.39. The van der Waals surface area contributed by atoms with Gasteiger partial charge in [-0.3, -0.25) is 9.36 Å². The third-order valence-corrected chi connectivity index (χ3v) is 5.15. The van der Waals surface area contributed by atoms with E-state index in [1.165, 1.54) is 15.2 Å². The molecule has 0 spiro atoms. The number of rotatable bonds is 5. The molecular weight excluding hydrogens is 388 g/mol. The molecule has 0 radical (unpaired) electrons. The fourth-order valence-corrected chi connectivity index (χ4v) is 3.51. The second kappa shape index (κ2) is 7.56. The molecule has 29 heavy (non-hydrogen) atoms. The first-order chi connectivity index (χ1) is 14.0. The van der Waals surface area contributed by atoms with Crippen molar-refractivity contribution in [1.29, 1.82) is 0 Å². The highest BCUT2D eigenvalue weighted by atomic mass is 35.5. The van der Waals surface area contributed by atoms with Gasteiger partial charge >= 0.3 is 5.69 Å². The molecule has 0 aliphatic rings. The minimum Gasteiger partial charge on any atom is -0.320 e. The Labute approximate surface area is 171 Å². The molecule has 0 saturated carbocycles. The SMILES string of the molecule is C=CCn1c(=O)c2c(ncn2Cc2ccccc2C)n(-c2ccc(Cl)cc2)c1=O. The number of allylic oxidation sites excluding steroid dienone is 1. The summed E-state index contributed by atoms with van der Waals surface area (Å²) in [7, 11) is 0. The molecule has 0 amide bonds. The lowest BCUT2D eigenvalue weighted by atomic mass is 10.1. The van der Waals surface area contributed by atoms with Crippen molar-refractivity contribution >= 4 is 22.8 Å². The van der Waals surface area contributed by atoms with Crippen LogP contribution in [0.4, 0.5) is 0 Å². The number of aryl methyl sites for hydroxylation is 1. The van der Waals surface area contributed by atoms with Gasteiger partial charge in [-0.2, -0.15) is 0 Å². The van der Waals surface area contributed by atoms with Crippen molar-refractivity contribution in [2.24, 2.45) is 0 Å². The molecule has 0 unspecified atom stereocenters. The minimum atomic E-state index is -0.467. The van der Waals surface area contributed by atoms with Crippen molar-refractivity contribution in [3.05, 3.63) is 105 Å². The fourth-order valence-electron chi connectivity index (χ4n) is 3.38. The maximum atomic E-state index is 13.2. The maximum Gasteiger partial charge on any atom is 0.337 e. The number of benzene rings is 2. The lowest BCUT2D eigenvalue weighted by Crippen LogP contribution is -2.39. The van der Waals surface area contributed by atoms with Crippen molar-refractivity contribution in [1.82, 2.24) is 18.7 Å². The second-order valence-electron chi connectivity index (χ2n) is 6.77. The number of halogens is 1. The first-order valence-electron chi connectivity index (χ1n) is 9.13. The standard InChI is InChI=1S/C22H19ClN4O2/c1-3-12-26-21(28)19-20(27(22(26)29)18-10-8-17(23)9-11-18)24-14-25(19)13-16-7-5-4-6-15(16)2/h3-11,14H,1,12-13H2,2H3. The number of aromatic nitrogens is 4. The Morgan fingerprint density at radius 3 is 2.52 bits per heavy atom. The van der Waals surface area contributed by atoms with Crippen molar-refractivity contribution in [2.45, 2.75) is 20.0 Å². The molecule has 0 fully saturated rings. The molecule has 146 valence electrons. The van der Waals surface area contributed by atoms with Crippen LogP contribution in [-0.4, -0.2) is 18.7 Å². The average Bonchev–Trinajstić information content (AvgIpc) is 3.12. The molecule has 6 nitrogen and oxygen atoms in total. The number of imidazole rings is 1. The summed E-state index contributed by atoms with van der Waals surface area (Å²) in [5, 5.41) is 0.558.